The van der Waals surface area contributed by atoms with Gasteiger partial charge in [-0.15, -0.1) is 0 Å². The third kappa shape index (κ3) is 2.70. The fourth-order valence-electron chi connectivity index (χ4n) is 3.39. The van der Waals surface area contributed by atoms with Crippen molar-refractivity contribution in [3.63, 3.8) is 0 Å². The molecule has 0 aliphatic rings. The predicted octanol–water partition coefficient (Wildman–Crippen LogP) is 4.64. The van der Waals surface area contributed by atoms with E-state index >= 15 is 0 Å². The van der Waals surface area contributed by atoms with Crippen molar-refractivity contribution < 1.29 is 9.47 Å². The second-order valence-corrected chi connectivity index (χ2v) is 6.32. The van der Waals surface area contributed by atoms with E-state index in [-0.39, 0.29) is 0 Å². The van der Waals surface area contributed by atoms with Crippen LogP contribution in [0.4, 0.5) is 0 Å². The van der Waals surface area contributed by atoms with E-state index in [0.717, 1.165) is 34.0 Å². The number of pyridine rings is 2. The van der Waals surface area contributed by atoms with E-state index in [1.54, 1.807) is 19.5 Å². The molecule has 3 aromatic heterocycles. The van der Waals surface area contributed by atoms with Gasteiger partial charge in [-0.3, -0.25) is 4.98 Å². The van der Waals surface area contributed by atoms with Gasteiger partial charge in [0.1, 0.15) is 11.3 Å². The van der Waals surface area contributed by atoms with Crippen molar-refractivity contribution in [3.05, 3.63) is 60.2 Å². The highest BCUT2D eigenvalue weighted by atomic mass is 16.5. The van der Waals surface area contributed by atoms with Crippen molar-refractivity contribution in [1.29, 1.82) is 0 Å². The molecule has 3 heterocycles. The monoisotopic (exact) mass is 347 g/mol. The van der Waals surface area contributed by atoms with Gasteiger partial charge in [0.25, 0.3) is 0 Å². The second kappa shape index (κ2) is 6.77. The van der Waals surface area contributed by atoms with Crippen molar-refractivity contribution >= 4 is 21.7 Å². The Morgan fingerprint density at radius 1 is 1.04 bits per heavy atom. The minimum atomic E-state index is 0.610. The topological polar surface area (TPSA) is 49.2 Å². The van der Waals surface area contributed by atoms with Crippen LogP contribution in [0.1, 0.15) is 11.3 Å². The highest BCUT2D eigenvalue weighted by Gasteiger charge is 2.17. The summed E-state index contributed by atoms with van der Waals surface area (Å²) in [6, 6.07) is 9.97. The third-order valence-electron chi connectivity index (χ3n) is 4.88. The van der Waals surface area contributed by atoms with Crippen LogP contribution in [0.15, 0.2) is 48.9 Å². The Kier molecular flexibility index (Phi) is 4.31. The first-order valence-electron chi connectivity index (χ1n) is 8.64. The summed E-state index contributed by atoms with van der Waals surface area (Å²) in [5.74, 6) is 1.39. The fourth-order valence-corrected chi connectivity index (χ4v) is 3.39. The molecule has 0 amide bonds. The molecule has 0 fully saturated rings. The molecule has 0 N–H and O–H groups in total. The Hall–Kier alpha value is -2.92. The van der Waals surface area contributed by atoms with Gasteiger partial charge in [-0.2, -0.15) is 0 Å². The van der Waals surface area contributed by atoms with E-state index < -0.39 is 0 Å². The smallest absolute Gasteiger partial charge is 0.244 e. The lowest BCUT2D eigenvalue weighted by molar-refractivity contribution is 0.187. The van der Waals surface area contributed by atoms with Crippen molar-refractivity contribution in [2.45, 2.75) is 20.4 Å². The maximum atomic E-state index is 6.29. The Balaban J connectivity index is 1.87. The highest BCUT2D eigenvalue weighted by molar-refractivity contribution is 5.91. The zero-order valence-corrected chi connectivity index (χ0v) is 15.2. The average Bonchev–Trinajstić information content (AvgIpc) is 2.92. The molecular weight excluding hydrogens is 326 g/mol. The van der Waals surface area contributed by atoms with Crippen LogP contribution in [0, 0.1) is 13.8 Å². The molecule has 0 atom stereocenters. The number of aryl methyl sites for hydroxylation is 1. The van der Waals surface area contributed by atoms with Crippen molar-refractivity contribution in [1.82, 2.24) is 14.5 Å². The molecule has 5 heteroatoms. The zero-order chi connectivity index (χ0) is 18.1. The number of aromatic nitrogens is 3. The maximum Gasteiger partial charge on any atom is 0.244 e. The van der Waals surface area contributed by atoms with E-state index in [4.69, 9.17) is 9.47 Å². The van der Waals surface area contributed by atoms with Gasteiger partial charge in [0.05, 0.1) is 6.61 Å². The van der Waals surface area contributed by atoms with E-state index in [0.29, 0.717) is 12.5 Å². The molecule has 4 rings (SSSR count). The van der Waals surface area contributed by atoms with Crippen LogP contribution in [0.2, 0.25) is 0 Å². The van der Waals surface area contributed by atoms with Gasteiger partial charge >= 0.3 is 0 Å². The number of hydrogen-bond donors (Lipinski definition) is 0. The molecule has 0 radical (unpaired) electrons. The molecule has 0 saturated heterocycles. The quantitative estimate of drug-likeness (QED) is 0.528. The lowest BCUT2D eigenvalue weighted by atomic mass is 10.1. The molecule has 0 saturated carbocycles. The summed E-state index contributed by atoms with van der Waals surface area (Å²) in [7, 11) is 1.72. The minimum absolute atomic E-state index is 0.610. The molecule has 132 valence electrons. The summed E-state index contributed by atoms with van der Waals surface area (Å²) in [5, 5.41) is 3.22. The Labute approximate surface area is 152 Å². The Morgan fingerprint density at radius 2 is 1.88 bits per heavy atom. The van der Waals surface area contributed by atoms with Crippen molar-refractivity contribution in [2.75, 3.05) is 13.7 Å². The van der Waals surface area contributed by atoms with Gasteiger partial charge in [0, 0.05) is 54.1 Å². The van der Waals surface area contributed by atoms with Crippen molar-refractivity contribution in [2.24, 2.45) is 0 Å². The normalized spacial score (nSPS) is 11.3. The number of hydrogen-bond acceptors (Lipinski definition) is 4. The lowest BCUT2D eigenvalue weighted by Crippen LogP contribution is -2.06. The van der Waals surface area contributed by atoms with Gasteiger partial charge in [0.15, 0.2) is 0 Å². The Bertz CT molecular complexity index is 1080. The van der Waals surface area contributed by atoms with Gasteiger partial charge in [-0.25, -0.2) is 4.98 Å². The van der Waals surface area contributed by atoms with Crippen LogP contribution in [0.25, 0.3) is 21.7 Å². The first-order chi connectivity index (χ1) is 12.7. The van der Waals surface area contributed by atoms with Crippen molar-refractivity contribution in [3.8, 4) is 11.6 Å². The number of benzene rings is 1. The highest BCUT2D eigenvalue weighted by Crippen LogP contribution is 2.35. The summed E-state index contributed by atoms with van der Waals surface area (Å²) in [4.78, 5) is 8.72. The largest absolute Gasteiger partial charge is 0.436 e. The number of methoxy groups -OCH3 is 1. The zero-order valence-electron chi connectivity index (χ0n) is 15.2. The van der Waals surface area contributed by atoms with Gasteiger partial charge in [0.2, 0.25) is 5.88 Å². The molecule has 5 nitrogen and oxygen atoms in total. The van der Waals surface area contributed by atoms with Gasteiger partial charge < -0.3 is 14.0 Å². The summed E-state index contributed by atoms with van der Waals surface area (Å²) in [6.45, 7) is 5.65. The van der Waals surface area contributed by atoms with Crippen LogP contribution in [-0.4, -0.2) is 28.3 Å². The molecule has 4 aromatic rings. The summed E-state index contributed by atoms with van der Waals surface area (Å²) in [6.07, 6.45) is 5.42. The first-order valence-corrected chi connectivity index (χ1v) is 8.64. The third-order valence-corrected chi connectivity index (χ3v) is 4.88. The van der Waals surface area contributed by atoms with Gasteiger partial charge in [-0.05, 0) is 37.6 Å². The predicted molar refractivity (Wildman–Crippen MR) is 103 cm³/mol. The average molecular weight is 347 g/mol. The maximum absolute atomic E-state index is 6.29. The molecule has 1 aromatic carbocycles. The number of ether oxygens (including phenoxy) is 2. The molecule has 0 aliphatic carbocycles. The molecule has 26 heavy (non-hydrogen) atoms. The summed E-state index contributed by atoms with van der Waals surface area (Å²) >= 11 is 0. The second-order valence-electron chi connectivity index (χ2n) is 6.32. The standard InChI is InChI=1S/C21H21N3O2/c1-14-15(2)24(11-12-25-3)20-17(14)8-10-23-21(20)26-19-6-4-5-16-13-22-9-7-18(16)19/h4-10,13H,11-12H2,1-3H3. The summed E-state index contributed by atoms with van der Waals surface area (Å²) in [5.41, 5.74) is 3.45. The molecule has 0 bridgehead atoms. The lowest BCUT2D eigenvalue weighted by Gasteiger charge is -2.12. The van der Waals surface area contributed by atoms with Crippen LogP contribution in [-0.2, 0) is 11.3 Å². The van der Waals surface area contributed by atoms with E-state index in [1.807, 2.05) is 36.5 Å². The van der Waals surface area contributed by atoms with Crippen LogP contribution in [0.3, 0.4) is 0 Å². The first kappa shape index (κ1) is 16.5. The minimum Gasteiger partial charge on any atom is -0.436 e. The van der Waals surface area contributed by atoms with E-state index in [2.05, 4.69) is 28.4 Å². The molecule has 0 aliphatic heterocycles. The summed E-state index contributed by atoms with van der Waals surface area (Å²) < 4.78 is 13.8. The van der Waals surface area contributed by atoms with Crippen LogP contribution < -0.4 is 4.74 Å². The number of rotatable bonds is 5. The molecule has 0 spiro atoms. The number of fused-ring (bicyclic) bond motifs is 2. The SMILES string of the molecule is COCCn1c(C)c(C)c2ccnc(Oc3cccc4cnccc34)c21. The fraction of sp³-hybridized carbons (Fsp3) is 0.238. The van der Waals surface area contributed by atoms with Crippen LogP contribution >= 0.6 is 0 Å². The van der Waals surface area contributed by atoms with Crippen LogP contribution in [0.5, 0.6) is 11.6 Å². The number of nitrogens with zero attached hydrogens (tertiary/aromatic N) is 3. The molecule has 0 unspecified atom stereocenters. The Morgan fingerprint density at radius 3 is 2.73 bits per heavy atom. The van der Waals surface area contributed by atoms with Gasteiger partial charge in [-0.1, -0.05) is 12.1 Å². The van der Waals surface area contributed by atoms with E-state index in [9.17, 15) is 0 Å². The molecular formula is C21H21N3O2. The van der Waals surface area contributed by atoms with E-state index in [1.165, 1.54) is 11.3 Å².